The van der Waals surface area contributed by atoms with Gasteiger partial charge in [-0.3, -0.25) is 4.79 Å². The zero-order chi connectivity index (χ0) is 15.5. The first-order chi connectivity index (χ1) is 9.94. The van der Waals surface area contributed by atoms with Crippen LogP contribution < -0.4 is 10.0 Å². The highest BCUT2D eigenvalue weighted by atomic mass is 32.2. The van der Waals surface area contributed by atoms with Crippen molar-refractivity contribution < 1.29 is 13.2 Å². The van der Waals surface area contributed by atoms with Crippen molar-refractivity contribution in [2.24, 2.45) is 0 Å². The van der Waals surface area contributed by atoms with Gasteiger partial charge in [0.05, 0.1) is 4.90 Å². The first kappa shape index (κ1) is 15.5. The Morgan fingerprint density at radius 3 is 2.62 bits per heavy atom. The molecule has 0 bridgehead atoms. The van der Waals surface area contributed by atoms with Crippen molar-refractivity contribution in [3.8, 4) is 0 Å². The van der Waals surface area contributed by atoms with Crippen LogP contribution in [0.4, 0.5) is 0 Å². The Hall–Kier alpha value is -1.92. The Morgan fingerprint density at radius 2 is 1.95 bits per heavy atom. The van der Waals surface area contributed by atoms with Crippen LogP contribution in [0.25, 0.3) is 10.8 Å². The molecule has 0 atom stereocenters. The van der Waals surface area contributed by atoms with Crippen LogP contribution in [0.1, 0.15) is 12.5 Å². The summed E-state index contributed by atoms with van der Waals surface area (Å²) in [4.78, 5) is 11.2. The first-order valence-electron chi connectivity index (χ1n) is 6.63. The lowest BCUT2D eigenvalue weighted by Gasteiger charge is -2.09. The minimum atomic E-state index is -3.46. The van der Waals surface area contributed by atoms with Crippen LogP contribution >= 0.6 is 0 Å². The smallest absolute Gasteiger partial charge is 0.240 e. The average Bonchev–Trinajstić information content (AvgIpc) is 2.46. The van der Waals surface area contributed by atoms with E-state index in [0.29, 0.717) is 13.0 Å². The summed E-state index contributed by atoms with van der Waals surface area (Å²) in [6.45, 7) is 2.00. The van der Waals surface area contributed by atoms with Gasteiger partial charge >= 0.3 is 0 Å². The van der Waals surface area contributed by atoms with Crippen molar-refractivity contribution in [1.29, 1.82) is 0 Å². The number of benzene rings is 2. The molecule has 1 amide bonds. The van der Waals surface area contributed by atoms with E-state index in [4.69, 9.17) is 0 Å². The summed E-state index contributed by atoms with van der Waals surface area (Å²) in [5, 5.41) is 4.61. The van der Waals surface area contributed by atoms with E-state index in [1.807, 2.05) is 18.2 Å². The van der Waals surface area contributed by atoms with E-state index in [0.717, 1.165) is 16.3 Å². The highest BCUT2D eigenvalue weighted by molar-refractivity contribution is 7.89. The van der Waals surface area contributed by atoms with E-state index in [9.17, 15) is 13.2 Å². The third kappa shape index (κ3) is 3.59. The molecular weight excluding hydrogens is 288 g/mol. The van der Waals surface area contributed by atoms with Crippen LogP contribution in [0.5, 0.6) is 0 Å². The molecule has 0 aliphatic rings. The topological polar surface area (TPSA) is 75.3 Å². The maximum absolute atomic E-state index is 11.9. The summed E-state index contributed by atoms with van der Waals surface area (Å²) in [5.74, 6) is -0.0753. The van der Waals surface area contributed by atoms with E-state index in [1.165, 1.54) is 14.0 Å². The second-order valence-corrected chi connectivity index (χ2v) is 6.63. The van der Waals surface area contributed by atoms with Gasteiger partial charge in [0.25, 0.3) is 0 Å². The number of nitrogens with one attached hydrogen (secondary N) is 2. The molecule has 6 heteroatoms. The van der Waals surface area contributed by atoms with Crippen LogP contribution in [-0.4, -0.2) is 27.9 Å². The van der Waals surface area contributed by atoms with Crippen molar-refractivity contribution in [2.75, 3.05) is 13.6 Å². The van der Waals surface area contributed by atoms with Crippen molar-refractivity contribution in [2.45, 2.75) is 18.2 Å². The molecule has 0 aliphatic heterocycles. The summed E-state index contributed by atoms with van der Waals surface area (Å²) >= 11 is 0. The van der Waals surface area contributed by atoms with Crippen LogP contribution in [-0.2, 0) is 21.2 Å². The monoisotopic (exact) mass is 306 g/mol. The summed E-state index contributed by atoms with van der Waals surface area (Å²) < 4.78 is 26.1. The van der Waals surface area contributed by atoms with Gasteiger partial charge in [0.2, 0.25) is 15.9 Å². The third-order valence-corrected chi connectivity index (χ3v) is 4.70. The molecule has 0 saturated carbocycles. The lowest BCUT2D eigenvalue weighted by atomic mass is 10.0. The molecule has 0 saturated heterocycles. The molecule has 2 rings (SSSR count). The lowest BCUT2D eigenvalue weighted by Crippen LogP contribution is -2.22. The van der Waals surface area contributed by atoms with Crippen molar-refractivity contribution in [3.63, 3.8) is 0 Å². The Balaban J connectivity index is 2.42. The van der Waals surface area contributed by atoms with E-state index in [1.54, 1.807) is 18.2 Å². The van der Waals surface area contributed by atoms with Gasteiger partial charge in [-0.1, -0.05) is 24.3 Å². The Bertz CT molecular complexity index is 770. The van der Waals surface area contributed by atoms with Gasteiger partial charge in [-0.15, -0.1) is 0 Å². The highest BCUT2D eigenvalue weighted by Gasteiger charge is 2.12. The molecule has 5 nitrogen and oxygen atoms in total. The standard InChI is InChI=1S/C15H18N2O3S/c1-11(18)17-9-8-13-5-3-4-12-6-7-14(10-15(12)13)21(19,20)16-2/h3-7,10,16H,8-9H2,1-2H3,(H,17,18). The Morgan fingerprint density at radius 1 is 1.19 bits per heavy atom. The van der Waals surface area contributed by atoms with Crippen LogP contribution in [0.2, 0.25) is 0 Å². The third-order valence-electron chi connectivity index (χ3n) is 3.29. The zero-order valence-corrected chi connectivity index (χ0v) is 12.8. The van der Waals surface area contributed by atoms with Gasteiger partial charge in [-0.2, -0.15) is 0 Å². The van der Waals surface area contributed by atoms with E-state index in [-0.39, 0.29) is 10.8 Å². The maximum Gasteiger partial charge on any atom is 0.240 e. The van der Waals surface area contributed by atoms with Crippen LogP contribution in [0.3, 0.4) is 0 Å². The molecule has 0 heterocycles. The summed E-state index contributed by atoms with van der Waals surface area (Å²) in [5.41, 5.74) is 1.01. The zero-order valence-electron chi connectivity index (χ0n) is 12.0. The number of amides is 1. The van der Waals surface area contributed by atoms with Crippen molar-refractivity contribution >= 4 is 26.7 Å². The molecule has 0 spiro atoms. The fourth-order valence-electron chi connectivity index (χ4n) is 2.19. The minimum absolute atomic E-state index is 0.0753. The van der Waals surface area contributed by atoms with Crippen LogP contribution in [0, 0.1) is 0 Å². The van der Waals surface area contributed by atoms with Gasteiger partial charge < -0.3 is 5.32 Å². The Kier molecular flexibility index (Phi) is 4.59. The number of hydrogen-bond donors (Lipinski definition) is 2. The van der Waals surface area contributed by atoms with E-state index < -0.39 is 10.0 Å². The minimum Gasteiger partial charge on any atom is -0.356 e. The normalized spacial score (nSPS) is 11.5. The van der Waals surface area contributed by atoms with Gasteiger partial charge in [0, 0.05) is 13.5 Å². The quantitative estimate of drug-likeness (QED) is 0.877. The fourth-order valence-corrected chi connectivity index (χ4v) is 2.95. The van der Waals surface area contributed by atoms with E-state index >= 15 is 0 Å². The number of carbonyl (C=O) groups excluding carboxylic acids is 1. The van der Waals surface area contributed by atoms with Crippen molar-refractivity contribution in [1.82, 2.24) is 10.0 Å². The summed E-state index contributed by atoms with van der Waals surface area (Å²) in [6, 6.07) is 10.9. The SMILES string of the molecule is CNS(=O)(=O)c1ccc2cccc(CCNC(C)=O)c2c1. The van der Waals surface area contributed by atoms with Gasteiger partial charge in [0.1, 0.15) is 0 Å². The van der Waals surface area contributed by atoms with E-state index in [2.05, 4.69) is 10.0 Å². The van der Waals surface area contributed by atoms with Gasteiger partial charge in [0.15, 0.2) is 0 Å². The lowest BCUT2D eigenvalue weighted by molar-refractivity contribution is -0.118. The van der Waals surface area contributed by atoms with Crippen LogP contribution in [0.15, 0.2) is 41.3 Å². The molecule has 2 N–H and O–H groups in total. The molecule has 0 unspecified atom stereocenters. The number of sulfonamides is 1. The molecule has 0 radical (unpaired) electrons. The molecule has 0 fully saturated rings. The molecule has 2 aromatic rings. The second kappa shape index (κ2) is 6.24. The molecular formula is C15H18N2O3S. The average molecular weight is 306 g/mol. The predicted octanol–water partition coefficient (Wildman–Crippen LogP) is 1.43. The molecule has 112 valence electrons. The molecule has 0 aliphatic carbocycles. The summed E-state index contributed by atoms with van der Waals surface area (Å²) in [6.07, 6.45) is 0.653. The number of fused-ring (bicyclic) bond motifs is 1. The van der Waals surface area contributed by atoms with Crippen molar-refractivity contribution in [3.05, 3.63) is 42.0 Å². The number of carbonyl (C=O) groups is 1. The maximum atomic E-state index is 11.9. The number of rotatable bonds is 5. The second-order valence-electron chi connectivity index (χ2n) is 4.74. The van der Waals surface area contributed by atoms with Gasteiger partial charge in [-0.25, -0.2) is 13.1 Å². The molecule has 2 aromatic carbocycles. The Labute approximate surface area is 124 Å². The summed E-state index contributed by atoms with van der Waals surface area (Å²) in [7, 11) is -2.07. The highest BCUT2D eigenvalue weighted by Crippen LogP contribution is 2.23. The molecule has 21 heavy (non-hydrogen) atoms. The predicted molar refractivity (Wildman–Crippen MR) is 82.6 cm³/mol. The fraction of sp³-hybridized carbons (Fsp3) is 0.267. The first-order valence-corrected chi connectivity index (χ1v) is 8.12. The molecule has 0 aromatic heterocycles. The largest absolute Gasteiger partial charge is 0.356 e. The number of hydrogen-bond acceptors (Lipinski definition) is 3. The van der Waals surface area contributed by atoms with Gasteiger partial charge in [-0.05, 0) is 41.9 Å².